The van der Waals surface area contributed by atoms with Crippen molar-refractivity contribution in [1.82, 2.24) is 14.7 Å². The van der Waals surface area contributed by atoms with Gasteiger partial charge in [0, 0.05) is 19.1 Å². The minimum Gasteiger partial charge on any atom is -0.493 e. The average molecular weight is 448 g/mol. The van der Waals surface area contributed by atoms with E-state index in [0.717, 1.165) is 42.6 Å². The van der Waals surface area contributed by atoms with Gasteiger partial charge >= 0.3 is 0 Å². The van der Waals surface area contributed by atoms with Gasteiger partial charge in [-0.25, -0.2) is 4.68 Å². The Bertz CT molecular complexity index is 1060. The topological polar surface area (TPSA) is 59.8 Å². The lowest BCUT2D eigenvalue weighted by atomic mass is 10.1. The lowest BCUT2D eigenvalue weighted by Gasteiger charge is -2.25. The summed E-state index contributed by atoms with van der Waals surface area (Å²) >= 11 is 0. The third-order valence-corrected chi connectivity index (χ3v) is 5.99. The lowest BCUT2D eigenvalue weighted by molar-refractivity contribution is 0.0974. The molecule has 0 saturated heterocycles. The van der Waals surface area contributed by atoms with Gasteiger partial charge in [-0.1, -0.05) is 36.4 Å². The molecule has 2 aromatic carbocycles. The van der Waals surface area contributed by atoms with Gasteiger partial charge in [-0.2, -0.15) is 5.10 Å². The number of ether oxygens (including phenoxy) is 2. The first-order chi connectivity index (χ1) is 16.1. The van der Waals surface area contributed by atoms with Crippen LogP contribution in [0, 0.1) is 6.92 Å². The Hall–Kier alpha value is -3.09. The first kappa shape index (κ1) is 23.1. The molecule has 1 aliphatic carbocycles. The van der Waals surface area contributed by atoms with Crippen LogP contribution in [0.25, 0.3) is 5.69 Å². The Labute approximate surface area is 196 Å². The van der Waals surface area contributed by atoms with E-state index in [2.05, 4.69) is 11.5 Å². The fourth-order valence-corrected chi connectivity index (χ4v) is 4.03. The van der Waals surface area contributed by atoms with Crippen LogP contribution in [0.15, 0.2) is 67.3 Å². The Morgan fingerprint density at radius 2 is 1.85 bits per heavy atom. The molecule has 0 bridgehead atoms. The predicted molar refractivity (Wildman–Crippen MR) is 130 cm³/mol. The highest BCUT2D eigenvalue weighted by Gasteiger charge is 2.32. The molecule has 1 atom stereocenters. The molecule has 1 saturated carbocycles. The predicted octanol–water partition coefficient (Wildman–Crippen LogP) is 5.27. The minimum absolute atomic E-state index is 0.383. The van der Waals surface area contributed by atoms with E-state index >= 15 is 0 Å². The van der Waals surface area contributed by atoms with E-state index in [1.165, 1.54) is 0 Å². The van der Waals surface area contributed by atoms with Gasteiger partial charge in [0.1, 0.15) is 0 Å². The lowest BCUT2D eigenvalue weighted by Crippen LogP contribution is -2.34. The highest BCUT2D eigenvalue weighted by molar-refractivity contribution is 5.47. The van der Waals surface area contributed by atoms with Crippen molar-refractivity contribution in [2.24, 2.45) is 0 Å². The Balaban J connectivity index is 1.69. The van der Waals surface area contributed by atoms with Gasteiger partial charge in [-0.3, -0.25) is 4.90 Å². The summed E-state index contributed by atoms with van der Waals surface area (Å²) in [6.45, 7) is 7.08. The summed E-state index contributed by atoms with van der Waals surface area (Å²) < 4.78 is 13.9. The molecule has 1 N–H and O–H groups in total. The Morgan fingerprint density at radius 1 is 1.15 bits per heavy atom. The molecule has 33 heavy (non-hydrogen) atoms. The molecule has 1 aliphatic rings. The number of allylic oxidation sites excluding steroid dienone is 1. The SMILES string of the molecule is C=CCC[C@@H](O)CN(Cc1c(C)nn(-c2ccccc2)c1Oc1ccccc1OC)C1CC1. The van der Waals surface area contributed by atoms with E-state index in [1.807, 2.05) is 72.3 Å². The first-order valence-electron chi connectivity index (χ1n) is 11.6. The number of aromatic nitrogens is 2. The van der Waals surface area contributed by atoms with Crippen LogP contribution in [-0.4, -0.2) is 45.6 Å². The van der Waals surface area contributed by atoms with Crippen molar-refractivity contribution in [3.63, 3.8) is 0 Å². The van der Waals surface area contributed by atoms with Gasteiger partial charge in [0.05, 0.1) is 30.2 Å². The van der Waals surface area contributed by atoms with Gasteiger partial charge in [-0.05, 0) is 56.9 Å². The maximum absolute atomic E-state index is 10.6. The second kappa shape index (κ2) is 10.7. The number of aliphatic hydroxyl groups excluding tert-OH is 1. The van der Waals surface area contributed by atoms with Crippen molar-refractivity contribution < 1.29 is 14.6 Å². The molecule has 4 rings (SSSR count). The third-order valence-electron chi connectivity index (χ3n) is 5.99. The second-order valence-electron chi connectivity index (χ2n) is 8.55. The molecule has 0 aliphatic heterocycles. The van der Waals surface area contributed by atoms with Crippen molar-refractivity contribution in [3.8, 4) is 23.1 Å². The highest BCUT2D eigenvalue weighted by atomic mass is 16.5. The first-order valence-corrected chi connectivity index (χ1v) is 11.6. The summed E-state index contributed by atoms with van der Waals surface area (Å²) in [4.78, 5) is 2.36. The molecule has 174 valence electrons. The second-order valence-corrected chi connectivity index (χ2v) is 8.55. The zero-order valence-corrected chi connectivity index (χ0v) is 19.5. The Morgan fingerprint density at radius 3 is 2.52 bits per heavy atom. The van der Waals surface area contributed by atoms with E-state index in [0.29, 0.717) is 36.5 Å². The van der Waals surface area contributed by atoms with Crippen LogP contribution in [0.2, 0.25) is 0 Å². The minimum atomic E-state index is -0.383. The molecule has 6 nitrogen and oxygen atoms in total. The van der Waals surface area contributed by atoms with Crippen molar-refractivity contribution in [3.05, 3.63) is 78.5 Å². The van der Waals surface area contributed by atoms with Crippen molar-refractivity contribution >= 4 is 0 Å². The van der Waals surface area contributed by atoms with Crippen LogP contribution in [0.4, 0.5) is 0 Å². The number of aryl methyl sites for hydroxylation is 1. The standard InChI is InChI=1S/C27H33N3O3/c1-4-5-13-23(31)18-29(21-16-17-21)19-24-20(2)28-30(22-11-7-6-8-12-22)27(24)33-26-15-10-9-14-25(26)32-3/h4,6-12,14-15,21,23,31H,1,5,13,16-19H2,2-3H3/t23-/m1/s1. The van der Waals surface area contributed by atoms with Gasteiger partial charge < -0.3 is 14.6 Å². The van der Waals surface area contributed by atoms with E-state index in [-0.39, 0.29) is 6.10 Å². The summed E-state index contributed by atoms with van der Waals surface area (Å²) in [5.41, 5.74) is 2.86. The molecular formula is C27H33N3O3. The molecule has 6 heteroatoms. The average Bonchev–Trinajstić information content (AvgIpc) is 3.64. The fourth-order valence-electron chi connectivity index (χ4n) is 4.03. The third kappa shape index (κ3) is 5.64. The summed E-state index contributed by atoms with van der Waals surface area (Å²) in [7, 11) is 1.64. The molecule has 3 aromatic rings. The van der Waals surface area contributed by atoms with Crippen molar-refractivity contribution in [1.29, 1.82) is 0 Å². The maximum Gasteiger partial charge on any atom is 0.227 e. The van der Waals surface area contributed by atoms with Crippen LogP contribution >= 0.6 is 0 Å². The highest BCUT2D eigenvalue weighted by Crippen LogP contribution is 2.37. The van der Waals surface area contributed by atoms with Crippen molar-refractivity contribution in [2.75, 3.05) is 13.7 Å². The van der Waals surface area contributed by atoms with Gasteiger partial charge in [0.2, 0.25) is 5.88 Å². The quantitative estimate of drug-likeness (QED) is 0.383. The van der Waals surface area contributed by atoms with E-state index in [4.69, 9.17) is 14.6 Å². The largest absolute Gasteiger partial charge is 0.493 e. The molecule has 1 heterocycles. The van der Waals surface area contributed by atoms with Gasteiger partial charge in [0.25, 0.3) is 0 Å². The maximum atomic E-state index is 10.6. The number of methoxy groups -OCH3 is 1. The Kier molecular flexibility index (Phi) is 7.47. The van der Waals surface area contributed by atoms with Gasteiger partial charge in [0.15, 0.2) is 11.5 Å². The van der Waals surface area contributed by atoms with Gasteiger partial charge in [-0.15, -0.1) is 6.58 Å². The summed E-state index contributed by atoms with van der Waals surface area (Å²) in [6, 6.07) is 18.1. The number of para-hydroxylation sites is 3. The van der Waals surface area contributed by atoms with Crippen LogP contribution in [0.5, 0.6) is 17.4 Å². The summed E-state index contributed by atoms with van der Waals surface area (Å²) in [6.07, 6.45) is 5.32. The van der Waals surface area contributed by atoms with E-state index in [1.54, 1.807) is 7.11 Å². The molecular weight excluding hydrogens is 414 g/mol. The monoisotopic (exact) mass is 447 g/mol. The van der Waals surface area contributed by atoms with E-state index < -0.39 is 0 Å². The number of hydrogen-bond donors (Lipinski definition) is 1. The molecule has 0 amide bonds. The zero-order valence-electron chi connectivity index (χ0n) is 19.5. The van der Waals surface area contributed by atoms with Crippen LogP contribution in [-0.2, 0) is 6.54 Å². The molecule has 1 fully saturated rings. The number of nitrogens with zero attached hydrogens (tertiary/aromatic N) is 3. The fraction of sp³-hybridized carbons (Fsp3) is 0.370. The summed E-state index contributed by atoms with van der Waals surface area (Å²) in [5, 5.41) is 15.4. The number of benzene rings is 2. The number of rotatable bonds is 12. The summed E-state index contributed by atoms with van der Waals surface area (Å²) in [5.74, 6) is 1.98. The molecule has 0 unspecified atom stereocenters. The van der Waals surface area contributed by atoms with Crippen molar-refractivity contribution in [2.45, 2.75) is 51.3 Å². The normalized spacial score (nSPS) is 14.3. The molecule has 0 radical (unpaired) electrons. The smallest absolute Gasteiger partial charge is 0.227 e. The zero-order chi connectivity index (χ0) is 23.2. The van der Waals surface area contributed by atoms with E-state index in [9.17, 15) is 5.11 Å². The van der Waals surface area contributed by atoms with Crippen LogP contribution < -0.4 is 9.47 Å². The number of aliphatic hydroxyl groups is 1. The molecule has 0 spiro atoms. The van der Waals surface area contributed by atoms with Crippen LogP contribution in [0.3, 0.4) is 0 Å². The van der Waals surface area contributed by atoms with Crippen LogP contribution in [0.1, 0.15) is 36.9 Å². The molecule has 1 aromatic heterocycles. The number of hydrogen-bond acceptors (Lipinski definition) is 5.